The molecule has 1 saturated heterocycles. The Morgan fingerprint density at radius 2 is 1.90 bits per heavy atom. The lowest BCUT2D eigenvalue weighted by molar-refractivity contribution is -0.161. The second kappa shape index (κ2) is 7.11. The molecule has 0 amide bonds. The van der Waals surface area contributed by atoms with Gasteiger partial charge < -0.3 is 15.2 Å². The van der Waals surface area contributed by atoms with E-state index in [0.717, 1.165) is 44.6 Å². The summed E-state index contributed by atoms with van der Waals surface area (Å²) < 4.78 is 11.5. The molecule has 3 nitrogen and oxygen atoms in total. The molecule has 1 spiro atoms. The Bertz CT molecular complexity index is 457. The van der Waals surface area contributed by atoms with Crippen LogP contribution >= 0.6 is 11.6 Å². The maximum atomic E-state index is 5.79. The van der Waals surface area contributed by atoms with Gasteiger partial charge in [-0.25, -0.2) is 0 Å². The summed E-state index contributed by atoms with van der Waals surface area (Å²) >= 11 is 4.64. The molecular weight excluding hydrogens is 274 g/mol. The van der Waals surface area contributed by atoms with E-state index in [4.69, 9.17) is 15.2 Å². The van der Waals surface area contributed by atoms with E-state index in [1.54, 1.807) is 0 Å². The molecule has 0 aromatic rings. The van der Waals surface area contributed by atoms with Crippen LogP contribution in [0.2, 0.25) is 0 Å². The summed E-state index contributed by atoms with van der Waals surface area (Å²) in [5.74, 6) is -0.320. The van der Waals surface area contributed by atoms with E-state index < -0.39 is 0 Å². The number of allylic oxidation sites excluding steroid dienone is 6. The van der Waals surface area contributed by atoms with Gasteiger partial charge in [0.1, 0.15) is 0 Å². The van der Waals surface area contributed by atoms with Gasteiger partial charge in [-0.1, -0.05) is 18.2 Å². The highest BCUT2D eigenvalue weighted by molar-refractivity contribution is 6.15. The fraction of sp³-hybridized carbons (Fsp3) is 0.500. The Kier molecular flexibility index (Phi) is 5.46. The van der Waals surface area contributed by atoms with Gasteiger partial charge in [-0.2, -0.15) is 0 Å². The molecule has 0 bridgehead atoms. The standard InChI is InChI=1S/C15H19NO2.CH3Cl/c16-14-3-1-2-12(4-5-14)13-6-8-15(9-7-13)17-10-11-18-15;1-2/h1,3-6H,2,7-11,16H2;1H3. The molecule has 0 saturated carbocycles. The number of alkyl halides is 1. The van der Waals surface area contributed by atoms with Crippen LogP contribution in [0.15, 0.2) is 47.2 Å². The van der Waals surface area contributed by atoms with Crippen molar-refractivity contribution in [2.24, 2.45) is 5.73 Å². The molecule has 2 aliphatic carbocycles. The highest BCUT2D eigenvalue weighted by atomic mass is 35.5. The highest BCUT2D eigenvalue weighted by Crippen LogP contribution is 2.37. The van der Waals surface area contributed by atoms with Gasteiger partial charge in [-0.05, 0) is 36.1 Å². The molecule has 110 valence electrons. The maximum Gasteiger partial charge on any atom is 0.172 e. The van der Waals surface area contributed by atoms with Gasteiger partial charge in [-0.15, -0.1) is 11.6 Å². The highest BCUT2D eigenvalue weighted by Gasteiger charge is 2.37. The SMILES string of the molecule is CCl.NC1=CC=C(C2=CCC3(CC2)OCCO3)CC=C1. The Hall–Kier alpha value is -1.03. The van der Waals surface area contributed by atoms with E-state index in [1.165, 1.54) is 17.5 Å². The molecule has 4 heteroatoms. The normalized spacial score (nSPS) is 24.2. The first-order chi connectivity index (χ1) is 9.77. The zero-order valence-electron chi connectivity index (χ0n) is 11.9. The first kappa shape index (κ1) is 15.4. The van der Waals surface area contributed by atoms with Crippen LogP contribution in [-0.4, -0.2) is 25.4 Å². The summed E-state index contributed by atoms with van der Waals surface area (Å²) in [6.07, 6.45) is 15.7. The van der Waals surface area contributed by atoms with E-state index in [-0.39, 0.29) is 5.79 Å². The Morgan fingerprint density at radius 1 is 1.15 bits per heavy atom. The smallest absolute Gasteiger partial charge is 0.172 e. The van der Waals surface area contributed by atoms with Gasteiger partial charge in [0.25, 0.3) is 0 Å². The molecule has 0 aromatic heterocycles. The molecule has 0 aromatic carbocycles. The maximum absolute atomic E-state index is 5.79. The van der Waals surface area contributed by atoms with Crippen molar-refractivity contribution in [3.05, 3.63) is 47.2 Å². The summed E-state index contributed by atoms with van der Waals surface area (Å²) in [4.78, 5) is 0. The van der Waals surface area contributed by atoms with Crippen LogP contribution in [0.5, 0.6) is 0 Å². The first-order valence-electron chi connectivity index (χ1n) is 6.95. The van der Waals surface area contributed by atoms with Crippen molar-refractivity contribution in [3.8, 4) is 0 Å². The van der Waals surface area contributed by atoms with Crippen LogP contribution in [0, 0.1) is 0 Å². The Balaban J connectivity index is 0.000000704. The van der Waals surface area contributed by atoms with Crippen molar-refractivity contribution in [2.75, 3.05) is 19.6 Å². The molecule has 20 heavy (non-hydrogen) atoms. The Morgan fingerprint density at radius 3 is 2.55 bits per heavy atom. The number of halogens is 1. The molecule has 1 aliphatic heterocycles. The lowest BCUT2D eigenvalue weighted by Gasteiger charge is -2.31. The lowest BCUT2D eigenvalue weighted by Crippen LogP contribution is -2.31. The fourth-order valence-corrected chi connectivity index (χ4v) is 2.74. The van der Waals surface area contributed by atoms with Crippen LogP contribution < -0.4 is 5.73 Å². The zero-order chi connectivity index (χ0) is 14.4. The van der Waals surface area contributed by atoms with Crippen LogP contribution in [0.25, 0.3) is 0 Å². The number of rotatable bonds is 1. The Labute approximate surface area is 125 Å². The molecule has 3 aliphatic rings. The molecule has 2 N–H and O–H groups in total. The molecule has 0 unspecified atom stereocenters. The lowest BCUT2D eigenvalue weighted by atomic mass is 9.88. The third-order valence-electron chi connectivity index (χ3n) is 3.79. The van der Waals surface area contributed by atoms with Gasteiger partial charge in [0.2, 0.25) is 0 Å². The first-order valence-corrected chi connectivity index (χ1v) is 7.71. The summed E-state index contributed by atoms with van der Waals surface area (Å²) in [6, 6.07) is 0. The predicted molar refractivity (Wildman–Crippen MR) is 82.5 cm³/mol. The van der Waals surface area contributed by atoms with Crippen LogP contribution in [0.1, 0.15) is 25.7 Å². The minimum Gasteiger partial charge on any atom is -0.399 e. The predicted octanol–water partition coefficient (Wildman–Crippen LogP) is 3.42. The average Bonchev–Trinajstić information content (AvgIpc) is 2.83. The minimum absolute atomic E-state index is 0.320. The van der Waals surface area contributed by atoms with E-state index in [2.05, 4.69) is 29.8 Å². The number of hydrogen-bond acceptors (Lipinski definition) is 3. The van der Waals surface area contributed by atoms with E-state index in [1.807, 2.05) is 12.2 Å². The molecule has 0 radical (unpaired) electrons. The van der Waals surface area contributed by atoms with Crippen molar-refractivity contribution < 1.29 is 9.47 Å². The number of nitrogens with two attached hydrogens (primary N) is 1. The second-order valence-electron chi connectivity index (χ2n) is 5.01. The molecular formula is C16H22ClNO2. The fourth-order valence-electron chi connectivity index (χ4n) is 2.74. The summed E-state index contributed by atoms with van der Waals surface area (Å²) in [5.41, 5.74) is 9.38. The third-order valence-corrected chi connectivity index (χ3v) is 3.79. The van der Waals surface area contributed by atoms with Gasteiger partial charge in [-0.3, -0.25) is 0 Å². The van der Waals surface area contributed by atoms with Crippen molar-refractivity contribution in [3.63, 3.8) is 0 Å². The van der Waals surface area contributed by atoms with Crippen molar-refractivity contribution >= 4 is 11.6 Å². The van der Waals surface area contributed by atoms with E-state index >= 15 is 0 Å². The molecule has 1 fully saturated rings. The van der Waals surface area contributed by atoms with Gasteiger partial charge in [0.05, 0.1) is 13.2 Å². The number of ether oxygens (including phenoxy) is 2. The molecule has 1 heterocycles. The zero-order valence-corrected chi connectivity index (χ0v) is 12.7. The summed E-state index contributed by atoms with van der Waals surface area (Å²) in [5, 5.41) is 0. The van der Waals surface area contributed by atoms with Gasteiger partial charge in [0.15, 0.2) is 5.79 Å². The van der Waals surface area contributed by atoms with Crippen molar-refractivity contribution in [1.82, 2.24) is 0 Å². The molecule has 3 rings (SSSR count). The van der Waals surface area contributed by atoms with Gasteiger partial charge in [0, 0.05) is 24.9 Å². The number of hydrogen-bond donors (Lipinski definition) is 1. The van der Waals surface area contributed by atoms with Crippen LogP contribution in [-0.2, 0) is 9.47 Å². The van der Waals surface area contributed by atoms with E-state index in [0.29, 0.717) is 0 Å². The average molecular weight is 296 g/mol. The summed E-state index contributed by atoms with van der Waals surface area (Å²) in [7, 11) is 0. The minimum atomic E-state index is -0.320. The quantitative estimate of drug-likeness (QED) is 0.754. The van der Waals surface area contributed by atoms with Crippen LogP contribution in [0.3, 0.4) is 0 Å². The monoisotopic (exact) mass is 295 g/mol. The van der Waals surface area contributed by atoms with Crippen LogP contribution in [0.4, 0.5) is 0 Å². The van der Waals surface area contributed by atoms with Crippen molar-refractivity contribution in [2.45, 2.75) is 31.5 Å². The second-order valence-corrected chi connectivity index (χ2v) is 5.01. The topological polar surface area (TPSA) is 44.5 Å². The van der Waals surface area contributed by atoms with Crippen molar-refractivity contribution in [1.29, 1.82) is 0 Å². The van der Waals surface area contributed by atoms with E-state index in [9.17, 15) is 0 Å². The molecule has 0 atom stereocenters. The summed E-state index contributed by atoms with van der Waals surface area (Å²) in [6.45, 7) is 1.46. The van der Waals surface area contributed by atoms with Gasteiger partial charge >= 0.3 is 0 Å². The largest absolute Gasteiger partial charge is 0.399 e. The third kappa shape index (κ3) is 3.54.